The van der Waals surface area contributed by atoms with Gasteiger partial charge in [0.25, 0.3) is 0 Å². The molecule has 1 amide bonds. The number of piperidine rings is 1. The number of hydrogen-bond donors (Lipinski definition) is 0. The van der Waals surface area contributed by atoms with Crippen LogP contribution >= 0.6 is 0 Å². The standard InChI is InChI=1S/C29H32N4O3/c1-29(2,3)36-28(34)32-16-15-25(26-18-33(31-30-26)24-11-5-4-6-12-24)27(19-32)35-20-21-13-14-22-9-7-8-10-23(22)17-21/h4-14,17-18,25,27H,15-16,19-20H2,1-3H3/t25-,27+/m0/s1. The van der Waals surface area contributed by atoms with Crippen molar-refractivity contribution in [2.45, 2.75) is 51.4 Å². The predicted molar refractivity (Wildman–Crippen MR) is 139 cm³/mol. The number of carbonyl (C=O) groups is 1. The second kappa shape index (κ2) is 10.1. The second-order valence-corrected chi connectivity index (χ2v) is 10.3. The molecular weight excluding hydrogens is 452 g/mol. The third kappa shape index (κ3) is 5.57. The van der Waals surface area contributed by atoms with Crippen LogP contribution in [-0.4, -0.2) is 50.8 Å². The zero-order valence-corrected chi connectivity index (χ0v) is 21.0. The van der Waals surface area contributed by atoms with Crippen LogP contribution in [0.25, 0.3) is 16.5 Å². The number of ether oxygens (including phenoxy) is 2. The summed E-state index contributed by atoms with van der Waals surface area (Å²) in [6, 6.07) is 24.6. The fourth-order valence-corrected chi connectivity index (χ4v) is 4.60. The molecule has 186 valence electrons. The van der Waals surface area contributed by atoms with Gasteiger partial charge in [-0.2, -0.15) is 0 Å². The third-order valence-electron chi connectivity index (χ3n) is 6.40. The zero-order valence-electron chi connectivity index (χ0n) is 21.0. The Bertz CT molecular complexity index is 1330. The van der Waals surface area contributed by atoms with Gasteiger partial charge in [0.05, 0.1) is 36.8 Å². The lowest BCUT2D eigenvalue weighted by atomic mass is 9.91. The molecule has 2 atom stereocenters. The molecule has 0 radical (unpaired) electrons. The van der Waals surface area contributed by atoms with E-state index in [4.69, 9.17) is 9.47 Å². The highest BCUT2D eigenvalue weighted by Crippen LogP contribution is 2.31. The lowest BCUT2D eigenvalue weighted by Gasteiger charge is -2.38. The lowest BCUT2D eigenvalue weighted by molar-refractivity contribution is -0.0366. The number of aromatic nitrogens is 3. The number of carbonyl (C=O) groups excluding carboxylic acids is 1. The van der Waals surface area contributed by atoms with Crippen LogP contribution in [0.4, 0.5) is 4.79 Å². The van der Waals surface area contributed by atoms with E-state index in [1.807, 2.05) is 69.4 Å². The molecule has 0 aliphatic carbocycles. The highest BCUT2D eigenvalue weighted by molar-refractivity contribution is 5.82. The Morgan fingerprint density at radius 3 is 2.53 bits per heavy atom. The maximum absolute atomic E-state index is 12.8. The van der Waals surface area contributed by atoms with Crippen LogP contribution in [0, 0.1) is 0 Å². The number of nitrogens with zero attached hydrogens (tertiary/aromatic N) is 4. The third-order valence-corrected chi connectivity index (χ3v) is 6.40. The first-order valence-corrected chi connectivity index (χ1v) is 12.4. The van der Waals surface area contributed by atoms with Gasteiger partial charge >= 0.3 is 6.09 Å². The molecule has 5 rings (SSSR count). The average Bonchev–Trinajstić information content (AvgIpc) is 3.37. The van der Waals surface area contributed by atoms with Crippen molar-refractivity contribution in [2.75, 3.05) is 13.1 Å². The van der Waals surface area contributed by atoms with Crippen molar-refractivity contribution in [1.82, 2.24) is 19.9 Å². The van der Waals surface area contributed by atoms with E-state index in [9.17, 15) is 4.79 Å². The van der Waals surface area contributed by atoms with Crippen LogP contribution in [0.2, 0.25) is 0 Å². The highest BCUT2D eigenvalue weighted by Gasteiger charge is 2.36. The van der Waals surface area contributed by atoms with Gasteiger partial charge in [-0.1, -0.05) is 59.8 Å². The van der Waals surface area contributed by atoms with Crippen molar-refractivity contribution < 1.29 is 14.3 Å². The summed E-state index contributed by atoms with van der Waals surface area (Å²) in [4.78, 5) is 14.6. The fourth-order valence-electron chi connectivity index (χ4n) is 4.60. The van der Waals surface area contributed by atoms with Gasteiger partial charge in [-0.15, -0.1) is 5.10 Å². The summed E-state index contributed by atoms with van der Waals surface area (Å²) in [7, 11) is 0. The van der Waals surface area contributed by atoms with Crippen LogP contribution in [-0.2, 0) is 16.1 Å². The number of para-hydroxylation sites is 1. The number of benzene rings is 3. The molecule has 0 bridgehead atoms. The van der Waals surface area contributed by atoms with Gasteiger partial charge in [0.15, 0.2) is 0 Å². The molecule has 0 saturated carbocycles. The molecule has 0 unspecified atom stereocenters. The van der Waals surface area contributed by atoms with E-state index < -0.39 is 5.60 Å². The largest absolute Gasteiger partial charge is 0.444 e. The smallest absolute Gasteiger partial charge is 0.410 e. The molecule has 3 aromatic carbocycles. The van der Waals surface area contributed by atoms with E-state index in [0.29, 0.717) is 19.7 Å². The lowest BCUT2D eigenvalue weighted by Crippen LogP contribution is -2.48. The van der Waals surface area contributed by atoms with E-state index in [0.717, 1.165) is 23.4 Å². The SMILES string of the molecule is CC(C)(C)OC(=O)N1CC[C@@H](c2cn(-c3ccccc3)nn2)[C@H](OCc2ccc3ccccc3c2)C1. The normalized spacial score (nSPS) is 18.4. The van der Waals surface area contributed by atoms with E-state index in [2.05, 4.69) is 40.6 Å². The summed E-state index contributed by atoms with van der Waals surface area (Å²) in [5.74, 6) is 0.0154. The topological polar surface area (TPSA) is 69.5 Å². The Morgan fingerprint density at radius 1 is 1.00 bits per heavy atom. The average molecular weight is 485 g/mol. The molecule has 1 aliphatic heterocycles. The molecule has 0 N–H and O–H groups in total. The Hall–Kier alpha value is -3.71. The number of hydrogen-bond acceptors (Lipinski definition) is 5. The van der Waals surface area contributed by atoms with Crippen molar-refractivity contribution in [3.8, 4) is 5.69 Å². The van der Waals surface area contributed by atoms with Crippen LogP contribution < -0.4 is 0 Å². The maximum atomic E-state index is 12.8. The van der Waals surface area contributed by atoms with Crippen LogP contribution in [0.3, 0.4) is 0 Å². The summed E-state index contributed by atoms with van der Waals surface area (Å²) < 4.78 is 13.9. The number of fused-ring (bicyclic) bond motifs is 1. The van der Waals surface area contributed by atoms with Crippen LogP contribution in [0.15, 0.2) is 79.0 Å². The van der Waals surface area contributed by atoms with Crippen molar-refractivity contribution in [3.05, 3.63) is 90.3 Å². The minimum absolute atomic E-state index is 0.0154. The molecule has 7 nitrogen and oxygen atoms in total. The molecule has 2 heterocycles. The molecule has 4 aromatic rings. The van der Waals surface area contributed by atoms with Crippen LogP contribution in [0.5, 0.6) is 0 Å². The summed E-state index contributed by atoms with van der Waals surface area (Å²) >= 11 is 0. The van der Waals surface area contributed by atoms with E-state index in [-0.39, 0.29) is 18.1 Å². The number of amides is 1. The van der Waals surface area contributed by atoms with E-state index >= 15 is 0 Å². The van der Waals surface area contributed by atoms with Crippen molar-refractivity contribution in [1.29, 1.82) is 0 Å². The zero-order chi connectivity index (χ0) is 25.1. The molecule has 1 aromatic heterocycles. The summed E-state index contributed by atoms with van der Waals surface area (Å²) in [6.45, 7) is 7.10. The Labute approximate surface area is 211 Å². The number of rotatable bonds is 5. The first-order chi connectivity index (χ1) is 17.4. The first kappa shape index (κ1) is 24.0. The molecular formula is C29H32N4O3. The molecule has 7 heteroatoms. The van der Waals surface area contributed by atoms with Crippen molar-refractivity contribution in [2.24, 2.45) is 0 Å². The van der Waals surface area contributed by atoms with E-state index in [1.165, 1.54) is 10.8 Å². The molecule has 36 heavy (non-hydrogen) atoms. The predicted octanol–water partition coefficient (Wildman–Crippen LogP) is 5.73. The number of likely N-dealkylation sites (tertiary alicyclic amines) is 1. The second-order valence-electron chi connectivity index (χ2n) is 10.3. The van der Waals surface area contributed by atoms with Gasteiger partial charge in [-0.25, -0.2) is 9.48 Å². The van der Waals surface area contributed by atoms with Crippen LogP contribution in [0.1, 0.15) is 44.4 Å². The molecule has 1 aliphatic rings. The first-order valence-electron chi connectivity index (χ1n) is 12.4. The van der Waals surface area contributed by atoms with Gasteiger partial charge in [0.1, 0.15) is 5.60 Å². The summed E-state index contributed by atoms with van der Waals surface area (Å²) in [5.41, 5.74) is 2.37. The molecule has 0 spiro atoms. The Balaban J connectivity index is 1.36. The van der Waals surface area contributed by atoms with Gasteiger partial charge in [0.2, 0.25) is 0 Å². The minimum atomic E-state index is -0.548. The Kier molecular flexibility index (Phi) is 6.74. The van der Waals surface area contributed by atoms with Gasteiger partial charge < -0.3 is 14.4 Å². The molecule has 1 fully saturated rings. The fraction of sp³-hybridized carbons (Fsp3) is 0.345. The van der Waals surface area contributed by atoms with Gasteiger partial charge in [0, 0.05) is 12.5 Å². The summed E-state index contributed by atoms with van der Waals surface area (Å²) in [6.07, 6.45) is 2.14. The quantitative estimate of drug-likeness (QED) is 0.362. The molecule has 1 saturated heterocycles. The maximum Gasteiger partial charge on any atom is 0.410 e. The Morgan fingerprint density at radius 2 is 1.75 bits per heavy atom. The van der Waals surface area contributed by atoms with Crippen molar-refractivity contribution >= 4 is 16.9 Å². The van der Waals surface area contributed by atoms with Crippen molar-refractivity contribution in [3.63, 3.8) is 0 Å². The van der Waals surface area contributed by atoms with Gasteiger partial charge in [-0.3, -0.25) is 0 Å². The van der Waals surface area contributed by atoms with Gasteiger partial charge in [-0.05, 0) is 61.7 Å². The minimum Gasteiger partial charge on any atom is -0.444 e. The summed E-state index contributed by atoms with van der Waals surface area (Å²) in [5, 5.41) is 11.2. The highest BCUT2D eigenvalue weighted by atomic mass is 16.6. The monoisotopic (exact) mass is 484 g/mol. The van der Waals surface area contributed by atoms with E-state index in [1.54, 1.807) is 9.58 Å².